The molecule has 0 saturated carbocycles. The highest BCUT2D eigenvalue weighted by Gasteiger charge is 2.26. The maximum absolute atomic E-state index is 10.9. The van der Waals surface area contributed by atoms with Gasteiger partial charge in [0.1, 0.15) is 5.82 Å². The fraction of sp³-hybridized carbons (Fsp3) is 0.550. The molecule has 138 valence electrons. The summed E-state index contributed by atoms with van der Waals surface area (Å²) in [5.41, 5.74) is 0.941. The van der Waals surface area contributed by atoms with Gasteiger partial charge in [-0.25, -0.2) is 4.98 Å². The van der Waals surface area contributed by atoms with Crippen LogP contribution in [0.2, 0.25) is 0 Å². The number of nitrogens with zero attached hydrogens (tertiary/aromatic N) is 4. The first kappa shape index (κ1) is 17.2. The minimum absolute atomic E-state index is 0.117. The fourth-order valence-corrected chi connectivity index (χ4v) is 4.31. The number of benzene rings is 1. The van der Waals surface area contributed by atoms with Crippen LogP contribution in [0.4, 0.5) is 11.5 Å². The fourth-order valence-electron chi connectivity index (χ4n) is 4.31. The molecule has 6 nitrogen and oxygen atoms in total. The van der Waals surface area contributed by atoms with Crippen LogP contribution in [0.15, 0.2) is 30.3 Å². The van der Waals surface area contributed by atoms with E-state index in [9.17, 15) is 10.1 Å². The van der Waals surface area contributed by atoms with Gasteiger partial charge in [-0.05, 0) is 57.0 Å². The predicted octanol–water partition coefficient (Wildman–Crippen LogP) is 3.99. The van der Waals surface area contributed by atoms with Crippen LogP contribution in [0.3, 0.4) is 0 Å². The number of non-ortho nitro benzene ring substituents is 1. The summed E-state index contributed by atoms with van der Waals surface area (Å²) in [4.78, 5) is 20.4. The monoisotopic (exact) mass is 354 g/mol. The van der Waals surface area contributed by atoms with E-state index in [-0.39, 0.29) is 10.6 Å². The lowest BCUT2D eigenvalue weighted by molar-refractivity contribution is -0.384. The van der Waals surface area contributed by atoms with Crippen molar-refractivity contribution in [3.63, 3.8) is 0 Å². The van der Waals surface area contributed by atoms with Gasteiger partial charge in [0.25, 0.3) is 5.69 Å². The summed E-state index contributed by atoms with van der Waals surface area (Å²) in [6.07, 6.45) is 7.85. The zero-order valence-electron chi connectivity index (χ0n) is 15.1. The summed E-state index contributed by atoms with van der Waals surface area (Å²) < 4.78 is 0. The first-order valence-corrected chi connectivity index (χ1v) is 9.75. The minimum atomic E-state index is -0.357. The lowest BCUT2D eigenvalue weighted by Gasteiger charge is -2.39. The van der Waals surface area contributed by atoms with Gasteiger partial charge in [0, 0.05) is 36.7 Å². The Morgan fingerprint density at radius 1 is 1.00 bits per heavy atom. The number of anilines is 1. The summed E-state index contributed by atoms with van der Waals surface area (Å²) in [6, 6.07) is 9.48. The molecular formula is C20H26N4O2. The van der Waals surface area contributed by atoms with E-state index in [1.54, 1.807) is 12.1 Å². The van der Waals surface area contributed by atoms with Crippen LogP contribution in [0.1, 0.15) is 38.5 Å². The molecule has 0 aliphatic carbocycles. The normalized spacial score (nSPS) is 22.3. The molecule has 1 atom stereocenters. The van der Waals surface area contributed by atoms with Crippen molar-refractivity contribution in [2.75, 3.05) is 31.1 Å². The number of nitro groups is 1. The molecule has 3 heterocycles. The lowest BCUT2D eigenvalue weighted by Crippen LogP contribution is -2.48. The molecule has 2 aliphatic rings. The molecule has 0 bridgehead atoms. The van der Waals surface area contributed by atoms with E-state index in [4.69, 9.17) is 4.98 Å². The second-order valence-corrected chi connectivity index (χ2v) is 7.50. The number of nitro benzene ring substituents is 1. The van der Waals surface area contributed by atoms with Crippen LogP contribution in [0.5, 0.6) is 0 Å². The second-order valence-electron chi connectivity index (χ2n) is 7.50. The molecule has 2 aliphatic heterocycles. The van der Waals surface area contributed by atoms with Gasteiger partial charge >= 0.3 is 0 Å². The lowest BCUT2D eigenvalue weighted by atomic mass is 10.0. The number of pyridine rings is 1. The number of hydrogen-bond acceptors (Lipinski definition) is 5. The molecular weight excluding hydrogens is 328 g/mol. The molecule has 2 fully saturated rings. The molecule has 0 N–H and O–H groups in total. The number of hydrogen-bond donors (Lipinski definition) is 0. The van der Waals surface area contributed by atoms with Crippen molar-refractivity contribution >= 4 is 22.4 Å². The van der Waals surface area contributed by atoms with E-state index in [1.807, 2.05) is 12.1 Å². The third-order valence-corrected chi connectivity index (χ3v) is 5.75. The Labute approximate surface area is 154 Å². The Hall–Kier alpha value is -2.21. The van der Waals surface area contributed by atoms with Crippen molar-refractivity contribution in [3.8, 4) is 0 Å². The zero-order valence-corrected chi connectivity index (χ0v) is 15.1. The number of likely N-dealkylation sites (tertiary alicyclic amines) is 1. The zero-order chi connectivity index (χ0) is 17.9. The molecule has 2 aromatic rings. The van der Waals surface area contributed by atoms with Crippen molar-refractivity contribution < 1.29 is 4.92 Å². The maximum Gasteiger partial charge on any atom is 0.270 e. The average molecular weight is 354 g/mol. The van der Waals surface area contributed by atoms with Crippen LogP contribution >= 0.6 is 0 Å². The summed E-state index contributed by atoms with van der Waals surface area (Å²) in [5.74, 6) is 0.992. The Morgan fingerprint density at radius 3 is 2.58 bits per heavy atom. The summed E-state index contributed by atoms with van der Waals surface area (Å²) >= 11 is 0. The van der Waals surface area contributed by atoms with Gasteiger partial charge in [-0.2, -0.15) is 0 Å². The maximum atomic E-state index is 10.9. The SMILES string of the molecule is O=[N+]([O-])c1ccc2nc(N3CCCC(N4CCCCCC4)C3)ccc2c1. The Kier molecular flexibility index (Phi) is 5.02. The number of fused-ring (bicyclic) bond motifs is 1. The first-order chi connectivity index (χ1) is 12.7. The van der Waals surface area contributed by atoms with Gasteiger partial charge in [-0.15, -0.1) is 0 Å². The van der Waals surface area contributed by atoms with Crippen molar-refractivity contribution in [3.05, 3.63) is 40.4 Å². The van der Waals surface area contributed by atoms with E-state index >= 15 is 0 Å². The van der Waals surface area contributed by atoms with Gasteiger partial charge in [-0.1, -0.05) is 12.8 Å². The predicted molar refractivity (Wildman–Crippen MR) is 104 cm³/mol. The molecule has 2 saturated heterocycles. The number of aromatic nitrogens is 1. The van der Waals surface area contributed by atoms with E-state index in [0.29, 0.717) is 6.04 Å². The van der Waals surface area contributed by atoms with Crippen molar-refractivity contribution in [2.24, 2.45) is 0 Å². The van der Waals surface area contributed by atoms with E-state index in [2.05, 4.69) is 9.80 Å². The summed E-state index contributed by atoms with van der Waals surface area (Å²) in [7, 11) is 0. The molecule has 0 radical (unpaired) electrons. The average Bonchev–Trinajstić information content (AvgIpc) is 2.97. The topological polar surface area (TPSA) is 62.5 Å². The van der Waals surface area contributed by atoms with E-state index in [0.717, 1.165) is 29.8 Å². The second kappa shape index (κ2) is 7.58. The molecule has 1 aromatic heterocycles. The van der Waals surface area contributed by atoms with E-state index in [1.165, 1.54) is 57.7 Å². The van der Waals surface area contributed by atoms with Gasteiger partial charge < -0.3 is 4.90 Å². The quantitative estimate of drug-likeness (QED) is 0.616. The third kappa shape index (κ3) is 3.65. The number of rotatable bonds is 3. The third-order valence-electron chi connectivity index (χ3n) is 5.75. The summed E-state index contributed by atoms with van der Waals surface area (Å²) in [6.45, 7) is 4.53. The van der Waals surface area contributed by atoms with Crippen molar-refractivity contribution in [2.45, 2.75) is 44.6 Å². The summed E-state index contributed by atoms with van der Waals surface area (Å²) in [5, 5.41) is 11.8. The van der Waals surface area contributed by atoms with Crippen LogP contribution in [-0.2, 0) is 0 Å². The van der Waals surface area contributed by atoms with E-state index < -0.39 is 0 Å². The van der Waals surface area contributed by atoms with Crippen molar-refractivity contribution in [1.29, 1.82) is 0 Å². The number of piperidine rings is 1. The largest absolute Gasteiger partial charge is 0.355 e. The molecule has 26 heavy (non-hydrogen) atoms. The first-order valence-electron chi connectivity index (χ1n) is 9.75. The Balaban J connectivity index is 1.52. The highest BCUT2D eigenvalue weighted by molar-refractivity contribution is 5.82. The molecule has 1 unspecified atom stereocenters. The van der Waals surface area contributed by atoms with Gasteiger partial charge in [-0.3, -0.25) is 15.0 Å². The molecule has 0 spiro atoms. The molecule has 1 aromatic carbocycles. The molecule has 6 heteroatoms. The van der Waals surface area contributed by atoms with Gasteiger partial charge in [0.2, 0.25) is 0 Å². The smallest absolute Gasteiger partial charge is 0.270 e. The minimum Gasteiger partial charge on any atom is -0.355 e. The van der Waals surface area contributed by atoms with Gasteiger partial charge in [0.15, 0.2) is 0 Å². The standard InChI is InChI=1S/C20H26N4O2/c25-24(26)17-8-9-19-16(14-17)7-10-20(21-19)23-13-5-6-18(15-23)22-11-3-1-2-4-12-22/h7-10,14,18H,1-6,11-13,15H2. The highest BCUT2D eigenvalue weighted by atomic mass is 16.6. The Bertz CT molecular complexity index is 786. The van der Waals surface area contributed by atoms with Crippen LogP contribution in [-0.4, -0.2) is 47.0 Å². The highest BCUT2D eigenvalue weighted by Crippen LogP contribution is 2.26. The van der Waals surface area contributed by atoms with Gasteiger partial charge in [0.05, 0.1) is 10.4 Å². The molecule has 4 rings (SSSR count). The van der Waals surface area contributed by atoms with Crippen LogP contribution < -0.4 is 4.90 Å². The molecule has 0 amide bonds. The van der Waals surface area contributed by atoms with Crippen LogP contribution in [0, 0.1) is 10.1 Å². The van der Waals surface area contributed by atoms with Crippen LogP contribution in [0.25, 0.3) is 10.9 Å². The Morgan fingerprint density at radius 2 is 1.81 bits per heavy atom. The van der Waals surface area contributed by atoms with Crippen molar-refractivity contribution in [1.82, 2.24) is 9.88 Å².